The van der Waals surface area contributed by atoms with E-state index in [1.807, 2.05) is 12.1 Å². The third kappa shape index (κ3) is 4.71. The van der Waals surface area contributed by atoms with Crippen LogP contribution in [0, 0.1) is 0 Å². The Morgan fingerprint density at radius 3 is 2.77 bits per heavy atom. The number of anilines is 1. The van der Waals surface area contributed by atoms with Gasteiger partial charge in [-0.05, 0) is 48.9 Å². The standard InChI is InChI=1S/C11H10N2O3S.C9H10N2O2.ClH/c14-9-7-5-3-1-2-4-6(5)17-10(7)13-8(12-9)11(15)16;10-4-6-1-2-7-8(3-6)13-5-9(12)11-7;/h1-4H2,(H,15,16)(H,12,13,14);1-3H,4-5,10H2,(H,11,12);1H. The van der Waals surface area contributed by atoms with Crippen molar-refractivity contribution in [1.29, 1.82) is 0 Å². The second-order valence-corrected chi connectivity index (χ2v) is 8.07. The molecule has 2 aliphatic rings. The quantitative estimate of drug-likeness (QED) is 0.455. The highest BCUT2D eigenvalue weighted by atomic mass is 35.5. The summed E-state index contributed by atoms with van der Waals surface area (Å²) in [6.07, 6.45) is 4.08. The van der Waals surface area contributed by atoms with Crippen LogP contribution in [0.5, 0.6) is 5.75 Å². The van der Waals surface area contributed by atoms with Crippen molar-refractivity contribution in [2.24, 2.45) is 5.73 Å². The Kier molecular flexibility index (Phi) is 6.94. The summed E-state index contributed by atoms with van der Waals surface area (Å²) in [5.74, 6) is -0.896. The average molecular weight is 465 g/mol. The zero-order valence-corrected chi connectivity index (χ0v) is 18.0. The third-order valence-corrected chi connectivity index (χ3v) is 6.13. The molecule has 0 bridgehead atoms. The normalized spacial score (nSPS) is 14.2. The number of fused-ring (bicyclic) bond motifs is 4. The van der Waals surface area contributed by atoms with Gasteiger partial charge < -0.3 is 25.9 Å². The van der Waals surface area contributed by atoms with Crippen LogP contribution < -0.4 is 21.3 Å². The Morgan fingerprint density at radius 1 is 1.26 bits per heavy atom. The Morgan fingerprint density at radius 2 is 2.03 bits per heavy atom. The number of halogens is 1. The molecular formula is C20H21ClN4O5S. The van der Waals surface area contributed by atoms with Crippen LogP contribution in [0.4, 0.5) is 5.69 Å². The molecule has 11 heteroatoms. The summed E-state index contributed by atoms with van der Waals surface area (Å²) in [6, 6.07) is 5.51. The minimum Gasteiger partial charge on any atom is -0.482 e. The van der Waals surface area contributed by atoms with Gasteiger partial charge in [-0.3, -0.25) is 9.59 Å². The lowest BCUT2D eigenvalue weighted by Gasteiger charge is -2.18. The summed E-state index contributed by atoms with van der Waals surface area (Å²) < 4.78 is 5.21. The minimum absolute atomic E-state index is 0. The lowest BCUT2D eigenvalue weighted by Crippen LogP contribution is -2.25. The number of thiophene rings is 1. The van der Waals surface area contributed by atoms with E-state index in [0.29, 0.717) is 28.2 Å². The topological polar surface area (TPSA) is 147 Å². The van der Waals surface area contributed by atoms with E-state index in [1.54, 1.807) is 6.07 Å². The fraction of sp³-hybridized carbons (Fsp3) is 0.300. The molecule has 0 spiro atoms. The molecule has 0 radical (unpaired) electrons. The second kappa shape index (κ2) is 9.46. The van der Waals surface area contributed by atoms with Gasteiger partial charge in [-0.25, -0.2) is 9.78 Å². The molecule has 0 fully saturated rings. The monoisotopic (exact) mass is 464 g/mol. The van der Waals surface area contributed by atoms with Crippen LogP contribution >= 0.6 is 23.7 Å². The third-order valence-electron chi connectivity index (χ3n) is 4.94. The summed E-state index contributed by atoms with van der Waals surface area (Å²) in [6.45, 7) is 0.561. The number of benzene rings is 1. The van der Waals surface area contributed by atoms with Crippen LogP contribution in [0.25, 0.3) is 10.2 Å². The van der Waals surface area contributed by atoms with Crippen molar-refractivity contribution in [3.63, 3.8) is 0 Å². The molecule has 1 aliphatic heterocycles. The van der Waals surface area contributed by atoms with Gasteiger partial charge in [0.15, 0.2) is 6.61 Å². The molecule has 5 rings (SSSR count). The second-order valence-electron chi connectivity index (χ2n) is 6.98. The first-order valence-electron chi connectivity index (χ1n) is 9.49. The molecule has 31 heavy (non-hydrogen) atoms. The first-order valence-corrected chi connectivity index (χ1v) is 10.3. The highest BCUT2D eigenvalue weighted by Crippen LogP contribution is 2.33. The van der Waals surface area contributed by atoms with E-state index in [0.717, 1.165) is 36.8 Å². The number of rotatable bonds is 2. The number of amides is 1. The molecule has 3 heterocycles. The van der Waals surface area contributed by atoms with Gasteiger partial charge in [0, 0.05) is 11.4 Å². The maximum atomic E-state index is 11.9. The Labute approximate surface area is 187 Å². The van der Waals surface area contributed by atoms with Crippen LogP contribution in [-0.4, -0.2) is 33.6 Å². The predicted octanol–water partition coefficient (Wildman–Crippen LogP) is 2.46. The van der Waals surface area contributed by atoms with E-state index in [9.17, 15) is 14.4 Å². The molecule has 5 N–H and O–H groups in total. The summed E-state index contributed by atoms with van der Waals surface area (Å²) >= 11 is 1.45. The lowest BCUT2D eigenvalue weighted by atomic mass is 9.97. The van der Waals surface area contributed by atoms with Crippen molar-refractivity contribution < 1.29 is 19.4 Å². The number of carbonyl (C=O) groups excluding carboxylic acids is 1. The van der Waals surface area contributed by atoms with Crippen LogP contribution in [0.1, 0.15) is 39.5 Å². The molecule has 0 unspecified atom stereocenters. The van der Waals surface area contributed by atoms with E-state index in [4.69, 9.17) is 15.6 Å². The highest BCUT2D eigenvalue weighted by Gasteiger charge is 2.21. The number of aromatic amines is 1. The van der Waals surface area contributed by atoms with E-state index < -0.39 is 5.97 Å². The number of nitrogens with one attached hydrogen (secondary N) is 2. The SMILES string of the molecule is Cl.NCc1ccc2c(c1)OCC(=O)N2.O=C(O)c1nc2sc3c(c2c(=O)[nH]1)CCCC3. The van der Waals surface area contributed by atoms with Crippen molar-refractivity contribution in [1.82, 2.24) is 9.97 Å². The smallest absolute Gasteiger partial charge is 0.372 e. The summed E-state index contributed by atoms with van der Waals surface area (Å²) in [5.41, 5.74) is 7.92. The van der Waals surface area contributed by atoms with Crippen LogP contribution in [-0.2, 0) is 24.2 Å². The molecule has 0 atom stereocenters. The van der Waals surface area contributed by atoms with Crippen molar-refractivity contribution in [2.75, 3.05) is 11.9 Å². The van der Waals surface area contributed by atoms with Crippen molar-refractivity contribution >= 4 is 51.5 Å². The van der Waals surface area contributed by atoms with Crippen molar-refractivity contribution in [2.45, 2.75) is 32.2 Å². The molecule has 164 valence electrons. The fourth-order valence-electron chi connectivity index (χ4n) is 3.51. The van der Waals surface area contributed by atoms with E-state index in [-0.39, 0.29) is 36.3 Å². The van der Waals surface area contributed by atoms with Gasteiger partial charge in [-0.1, -0.05) is 6.07 Å². The number of ether oxygens (including phenoxy) is 1. The number of aromatic carboxylic acids is 1. The van der Waals surface area contributed by atoms with Crippen LogP contribution in [0.2, 0.25) is 0 Å². The maximum Gasteiger partial charge on any atom is 0.372 e. The highest BCUT2D eigenvalue weighted by molar-refractivity contribution is 7.18. The minimum atomic E-state index is -1.20. The molecule has 9 nitrogen and oxygen atoms in total. The zero-order chi connectivity index (χ0) is 21.3. The Bertz CT molecular complexity index is 1210. The number of aromatic nitrogens is 2. The summed E-state index contributed by atoms with van der Waals surface area (Å²) in [5, 5.41) is 12.1. The molecule has 1 amide bonds. The number of carboxylic acids is 1. The zero-order valence-electron chi connectivity index (χ0n) is 16.4. The number of nitrogens with two attached hydrogens (primary N) is 1. The van der Waals surface area contributed by atoms with Gasteiger partial charge in [0.1, 0.15) is 10.6 Å². The van der Waals surface area contributed by atoms with Gasteiger partial charge >= 0.3 is 5.97 Å². The first-order chi connectivity index (χ1) is 14.5. The first kappa shape index (κ1) is 22.7. The number of carboxylic acid groups (broad SMARTS) is 1. The molecule has 0 saturated heterocycles. The van der Waals surface area contributed by atoms with Gasteiger partial charge in [0.25, 0.3) is 11.5 Å². The van der Waals surface area contributed by atoms with Gasteiger partial charge in [-0.2, -0.15) is 0 Å². The number of hydrogen-bond donors (Lipinski definition) is 4. The largest absolute Gasteiger partial charge is 0.482 e. The Hall–Kier alpha value is -2.95. The average Bonchev–Trinajstić information content (AvgIpc) is 3.12. The van der Waals surface area contributed by atoms with E-state index in [1.165, 1.54) is 16.2 Å². The summed E-state index contributed by atoms with van der Waals surface area (Å²) in [7, 11) is 0. The molecule has 1 aromatic carbocycles. The number of carbonyl (C=O) groups is 2. The number of aryl methyl sites for hydroxylation is 2. The molecular weight excluding hydrogens is 444 g/mol. The Balaban J connectivity index is 0.000000176. The van der Waals surface area contributed by atoms with Gasteiger partial charge in [0.2, 0.25) is 5.82 Å². The predicted molar refractivity (Wildman–Crippen MR) is 120 cm³/mol. The fourth-order valence-corrected chi connectivity index (χ4v) is 4.77. The van der Waals surface area contributed by atoms with E-state index >= 15 is 0 Å². The molecule has 1 aliphatic carbocycles. The lowest BCUT2D eigenvalue weighted by molar-refractivity contribution is -0.118. The van der Waals surface area contributed by atoms with E-state index in [2.05, 4.69) is 15.3 Å². The van der Waals surface area contributed by atoms with Gasteiger partial charge in [-0.15, -0.1) is 23.7 Å². The molecule has 2 aromatic heterocycles. The summed E-state index contributed by atoms with van der Waals surface area (Å²) in [4.78, 5) is 41.7. The number of H-pyrrole nitrogens is 1. The van der Waals surface area contributed by atoms with Crippen LogP contribution in [0.15, 0.2) is 23.0 Å². The maximum absolute atomic E-state index is 11.9. The number of hydrogen-bond acceptors (Lipinski definition) is 7. The molecule has 0 saturated carbocycles. The van der Waals surface area contributed by atoms with Gasteiger partial charge in [0.05, 0.1) is 11.1 Å². The van der Waals surface area contributed by atoms with Crippen LogP contribution in [0.3, 0.4) is 0 Å². The molecule has 3 aromatic rings. The van der Waals surface area contributed by atoms with Crippen molar-refractivity contribution in [3.05, 3.63) is 50.4 Å². The number of nitrogens with zero attached hydrogens (tertiary/aromatic N) is 1. The van der Waals surface area contributed by atoms with Crippen molar-refractivity contribution in [3.8, 4) is 5.75 Å².